The highest BCUT2D eigenvalue weighted by molar-refractivity contribution is 7.98. The van der Waals surface area contributed by atoms with Crippen LogP contribution >= 0.6 is 11.8 Å². The summed E-state index contributed by atoms with van der Waals surface area (Å²) in [7, 11) is 0. The van der Waals surface area contributed by atoms with Crippen molar-refractivity contribution < 1.29 is 13.2 Å². The van der Waals surface area contributed by atoms with E-state index in [9.17, 15) is 13.2 Å². The third kappa shape index (κ3) is 3.17. The molecule has 0 saturated carbocycles. The molecule has 2 rings (SSSR count). The Balaban J connectivity index is 2.36. The molecule has 8 heteroatoms. The van der Waals surface area contributed by atoms with E-state index >= 15 is 0 Å². The van der Waals surface area contributed by atoms with Crippen LogP contribution in [0.3, 0.4) is 0 Å². The van der Waals surface area contributed by atoms with Gasteiger partial charge in [-0.1, -0.05) is 6.92 Å². The minimum Gasteiger partial charge on any atom is -0.365 e. The highest BCUT2D eigenvalue weighted by atomic mass is 32.2. The van der Waals surface area contributed by atoms with Crippen LogP contribution < -0.4 is 5.32 Å². The van der Waals surface area contributed by atoms with Crippen LogP contribution in [-0.4, -0.2) is 32.6 Å². The number of hydrogen-bond acceptors (Lipinski definition) is 4. The van der Waals surface area contributed by atoms with E-state index in [1.807, 2.05) is 13.2 Å². The van der Waals surface area contributed by atoms with E-state index in [1.165, 1.54) is 16.9 Å². The highest BCUT2D eigenvalue weighted by Crippen LogP contribution is 2.30. The predicted octanol–water partition coefficient (Wildman–Crippen LogP) is 3.30. The maximum absolute atomic E-state index is 12.7. The third-order valence-corrected chi connectivity index (χ3v) is 3.62. The highest BCUT2D eigenvalue weighted by Gasteiger charge is 2.34. The Morgan fingerprint density at radius 1 is 1.45 bits per heavy atom. The van der Waals surface area contributed by atoms with Crippen molar-refractivity contribution in [2.45, 2.75) is 25.6 Å². The SMILES string of the molecule is CCC(CSC)Nc1nccn2nc(C(F)(F)F)cc12. The molecule has 0 aromatic carbocycles. The molecule has 1 atom stereocenters. The zero-order valence-corrected chi connectivity index (χ0v) is 11.9. The molecule has 20 heavy (non-hydrogen) atoms. The van der Waals surface area contributed by atoms with Crippen molar-refractivity contribution in [3.8, 4) is 0 Å². The maximum Gasteiger partial charge on any atom is 0.435 e. The molecule has 1 unspecified atom stereocenters. The second-order valence-electron chi connectivity index (χ2n) is 4.34. The largest absolute Gasteiger partial charge is 0.435 e. The van der Waals surface area contributed by atoms with E-state index in [0.29, 0.717) is 11.3 Å². The van der Waals surface area contributed by atoms with Crippen molar-refractivity contribution in [3.63, 3.8) is 0 Å². The minimum atomic E-state index is -4.45. The van der Waals surface area contributed by atoms with Gasteiger partial charge in [-0.25, -0.2) is 9.50 Å². The standard InChI is InChI=1S/C12H15F3N4S/c1-3-8(7-20-2)17-11-9-6-10(12(13,14)15)18-19(9)5-4-16-11/h4-6,8H,3,7H2,1-2H3,(H,16,17). The van der Waals surface area contributed by atoms with Crippen LogP contribution in [0.4, 0.5) is 19.0 Å². The van der Waals surface area contributed by atoms with Crippen LogP contribution in [0.25, 0.3) is 5.52 Å². The smallest absolute Gasteiger partial charge is 0.365 e. The van der Waals surface area contributed by atoms with Crippen molar-refractivity contribution in [1.82, 2.24) is 14.6 Å². The number of rotatable bonds is 5. The number of anilines is 1. The predicted molar refractivity (Wildman–Crippen MR) is 74.1 cm³/mol. The first kappa shape index (κ1) is 15.0. The fourth-order valence-electron chi connectivity index (χ4n) is 1.83. The molecule has 2 aromatic rings. The van der Waals surface area contributed by atoms with Gasteiger partial charge in [-0.05, 0) is 12.7 Å². The second-order valence-corrected chi connectivity index (χ2v) is 5.25. The molecule has 1 N–H and O–H groups in total. The lowest BCUT2D eigenvalue weighted by molar-refractivity contribution is -0.141. The van der Waals surface area contributed by atoms with E-state index in [1.54, 1.807) is 11.8 Å². The number of alkyl halides is 3. The first-order valence-electron chi connectivity index (χ1n) is 6.12. The Hall–Kier alpha value is -1.44. The Labute approximate surface area is 118 Å². The summed E-state index contributed by atoms with van der Waals surface area (Å²) in [5.41, 5.74) is -0.578. The van der Waals surface area contributed by atoms with E-state index < -0.39 is 11.9 Å². The summed E-state index contributed by atoms with van der Waals surface area (Å²) in [4.78, 5) is 4.12. The van der Waals surface area contributed by atoms with Crippen molar-refractivity contribution in [2.75, 3.05) is 17.3 Å². The van der Waals surface area contributed by atoms with Gasteiger partial charge in [0.05, 0.1) is 0 Å². The van der Waals surface area contributed by atoms with E-state index in [2.05, 4.69) is 15.4 Å². The fourth-order valence-corrected chi connectivity index (χ4v) is 2.55. The Morgan fingerprint density at radius 2 is 2.20 bits per heavy atom. The molecule has 0 bridgehead atoms. The number of hydrogen-bond donors (Lipinski definition) is 1. The summed E-state index contributed by atoms with van der Waals surface area (Å²) >= 11 is 1.68. The average Bonchev–Trinajstić information content (AvgIpc) is 2.83. The van der Waals surface area contributed by atoms with Crippen LogP contribution in [0, 0.1) is 0 Å². The summed E-state index contributed by atoms with van der Waals surface area (Å²) in [6.45, 7) is 2.02. The molecular weight excluding hydrogens is 289 g/mol. The number of halogens is 3. The first-order chi connectivity index (χ1) is 9.45. The van der Waals surface area contributed by atoms with Crippen molar-refractivity contribution >= 4 is 23.1 Å². The Kier molecular flexibility index (Phi) is 4.42. The van der Waals surface area contributed by atoms with E-state index in [-0.39, 0.29) is 6.04 Å². The average molecular weight is 304 g/mol. The molecular formula is C12H15F3N4S. The summed E-state index contributed by atoms with van der Waals surface area (Å²) in [6, 6.07) is 1.18. The minimum absolute atomic E-state index is 0.160. The molecule has 2 heterocycles. The molecule has 0 amide bonds. The van der Waals surface area contributed by atoms with Crippen LogP contribution in [0.15, 0.2) is 18.5 Å². The summed E-state index contributed by atoms with van der Waals surface area (Å²) < 4.78 is 39.3. The van der Waals surface area contributed by atoms with Gasteiger partial charge in [-0.2, -0.15) is 30.0 Å². The Bertz CT molecular complexity index is 582. The van der Waals surface area contributed by atoms with Gasteiger partial charge in [0.15, 0.2) is 11.5 Å². The van der Waals surface area contributed by atoms with Crippen molar-refractivity contribution in [1.29, 1.82) is 0 Å². The van der Waals surface area contributed by atoms with Crippen LogP contribution in [0.1, 0.15) is 19.0 Å². The number of aromatic nitrogens is 3. The monoisotopic (exact) mass is 304 g/mol. The van der Waals surface area contributed by atoms with Crippen LogP contribution in [0.5, 0.6) is 0 Å². The van der Waals surface area contributed by atoms with Gasteiger partial charge in [0.25, 0.3) is 0 Å². The zero-order chi connectivity index (χ0) is 14.8. The lowest BCUT2D eigenvalue weighted by atomic mass is 10.2. The first-order valence-corrected chi connectivity index (χ1v) is 7.52. The quantitative estimate of drug-likeness (QED) is 0.920. The molecule has 0 fully saturated rings. The molecule has 0 saturated heterocycles. The molecule has 4 nitrogen and oxygen atoms in total. The third-order valence-electron chi connectivity index (χ3n) is 2.88. The van der Waals surface area contributed by atoms with Gasteiger partial charge in [0.2, 0.25) is 0 Å². The van der Waals surface area contributed by atoms with Crippen LogP contribution in [0.2, 0.25) is 0 Å². The topological polar surface area (TPSA) is 42.2 Å². The van der Waals surface area contributed by atoms with E-state index in [4.69, 9.17) is 0 Å². The fraction of sp³-hybridized carbons (Fsp3) is 0.500. The zero-order valence-electron chi connectivity index (χ0n) is 11.1. The number of fused-ring (bicyclic) bond motifs is 1. The van der Waals surface area contributed by atoms with Crippen LogP contribution in [-0.2, 0) is 6.18 Å². The van der Waals surface area contributed by atoms with E-state index in [0.717, 1.165) is 18.2 Å². The number of thioether (sulfide) groups is 1. The lowest BCUT2D eigenvalue weighted by Crippen LogP contribution is -2.22. The molecule has 0 aliphatic heterocycles. The molecule has 110 valence electrons. The van der Waals surface area contributed by atoms with Gasteiger partial charge >= 0.3 is 6.18 Å². The van der Waals surface area contributed by atoms with Crippen molar-refractivity contribution in [2.24, 2.45) is 0 Å². The maximum atomic E-state index is 12.7. The lowest BCUT2D eigenvalue weighted by Gasteiger charge is -2.16. The second kappa shape index (κ2) is 5.90. The number of nitrogens with zero attached hydrogens (tertiary/aromatic N) is 3. The molecule has 0 spiro atoms. The van der Waals surface area contributed by atoms with Gasteiger partial charge in [0, 0.05) is 30.3 Å². The summed E-state index contributed by atoms with van der Waals surface area (Å²) in [6.07, 6.45) is 1.25. The normalized spacial score (nSPS) is 13.7. The summed E-state index contributed by atoms with van der Waals surface area (Å²) in [5, 5.41) is 6.71. The Morgan fingerprint density at radius 3 is 2.80 bits per heavy atom. The van der Waals surface area contributed by atoms with Gasteiger partial charge in [-0.3, -0.25) is 0 Å². The van der Waals surface area contributed by atoms with Crippen molar-refractivity contribution in [3.05, 3.63) is 24.2 Å². The van der Waals surface area contributed by atoms with Gasteiger partial charge < -0.3 is 5.32 Å². The van der Waals surface area contributed by atoms with Gasteiger partial charge in [-0.15, -0.1) is 0 Å². The number of nitrogens with one attached hydrogen (secondary N) is 1. The van der Waals surface area contributed by atoms with Gasteiger partial charge in [0.1, 0.15) is 5.52 Å². The molecule has 2 aromatic heterocycles. The molecule has 0 aliphatic carbocycles. The summed E-state index contributed by atoms with van der Waals surface area (Å²) in [5.74, 6) is 1.29. The molecule has 0 aliphatic rings. The molecule has 0 radical (unpaired) electrons.